The minimum Gasteiger partial charge on any atom is -0.489 e. The molecule has 27 heavy (non-hydrogen) atoms. The van der Waals surface area contributed by atoms with Crippen molar-refractivity contribution in [3.8, 4) is 17.0 Å². The van der Waals surface area contributed by atoms with Crippen molar-refractivity contribution in [3.63, 3.8) is 0 Å². The number of carboxylic acid groups (broad SMARTS) is 1. The minimum atomic E-state index is -3.59. The Hall–Kier alpha value is -3.14. The fourth-order valence-corrected chi connectivity index (χ4v) is 3.75. The van der Waals surface area contributed by atoms with E-state index in [2.05, 4.69) is 9.97 Å². The summed E-state index contributed by atoms with van der Waals surface area (Å²) in [5.74, 6) is 0.402. The number of nitrogens with zero attached hydrogens (tertiary/aromatic N) is 4. The van der Waals surface area contributed by atoms with Crippen LogP contribution in [0, 0.1) is 0 Å². The van der Waals surface area contributed by atoms with E-state index in [1.54, 1.807) is 12.3 Å². The summed E-state index contributed by atoms with van der Waals surface area (Å²) in [5.41, 5.74) is 1.86. The van der Waals surface area contributed by atoms with Crippen LogP contribution >= 0.6 is 0 Å². The highest BCUT2D eigenvalue weighted by Crippen LogP contribution is 2.42. The normalized spacial score (nSPS) is 14.1. The standard InChI is InChI=1S/C17H16N4O5S/c1-20-5-6-26-13-7-14(27(2,24)25)19-15(16(13)20)11-9-21(17(22)23)12-8-18-4-3-10(11)12/h3-4,7-9H,5-6H2,1-2H3,(H,22,23). The molecule has 0 saturated heterocycles. The van der Waals surface area contributed by atoms with E-state index in [9.17, 15) is 18.3 Å². The van der Waals surface area contributed by atoms with Gasteiger partial charge in [-0.15, -0.1) is 0 Å². The summed E-state index contributed by atoms with van der Waals surface area (Å²) in [6, 6.07) is 3.08. The molecule has 0 bridgehead atoms. The minimum absolute atomic E-state index is 0.128. The Morgan fingerprint density at radius 3 is 2.85 bits per heavy atom. The lowest BCUT2D eigenvalue weighted by Crippen LogP contribution is -2.30. The molecule has 9 nitrogen and oxygen atoms in total. The highest BCUT2D eigenvalue weighted by Gasteiger charge is 2.27. The highest BCUT2D eigenvalue weighted by atomic mass is 32.2. The number of carbonyl (C=O) groups is 1. The van der Waals surface area contributed by atoms with E-state index in [-0.39, 0.29) is 5.03 Å². The SMILES string of the molecule is CN1CCOc2cc(S(C)(=O)=O)nc(-c3cn(C(=O)O)c4cnccc34)c21. The summed E-state index contributed by atoms with van der Waals surface area (Å²) in [7, 11) is -1.74. The van der Waals surface area contributed by atoms with Gasteiger partial charge >= 0.3 is 6.09 Å². The van der Waals surface area contributed by atoms with Crippen LogP contribution in [0.4, 0.5) is 10.5 Å². The summed E-state index contributed by atoms with van der Waals surface area (Å²) in [6.45, 7) is 1.01. The quantitative estimate of drug-likeness (QED) is 0.707. The molecule has 1 N–H and O–H groups in total. The fourth-order valence-electron chi connectivity index (χ4n) is 3.17. The number of ether oxygens (including phenoxy) is 1. The van der Waals surface area contributed by atoms with Crippen LogP contribution in [-0.4, -0.2) is 60.6 Å². The maximum absolute atomic E-state index is 12.1. The molecule has 0 aromatic carbocycles. The Bertz CT molecular complexity index is 1190. The molecule has 0 amide bonds. The molecule has 0 saturated carbocycles. The van der Waals surface area contributed by atoms with Crippen molar-refractivity contribution in [2.24, 2.45) is 0 Å². The molecule has 1 aliphatic rings. The van der Waals surface area contributed by atoms with Crippen LogP contribution in [0.15, 0.2) is 35.7 Å². The molecule has 10 heteroatoms. The van der Waals surface area contributed by atoms with Crippen molar-refractivity contribution in [2.75, 3.05) is 31.4 Å². The third kappa shape index (κ3) is 2.78. The number of likely N-dealkylation sites (N-methyl/N-ethyl adjacent to an activating group) is 1. The van der Waals surface area contributed by atoms with Gasteiger partial charge in [0.15, 0.2) is 14.9 Å². The second kappa shape index (κ2) is 5.95. The van der Waals surface area contributed by atoms with E-state index < -0.39 is 15.9 Å². The van der Waals surface area contributed by atoms with Gasteiger partial charge in [-0.3, -0.25) is 9.55 Å². The van der Waals surface area contributed by atoms with E-state index in [1.807, 2.05) is 11.9 Å². The average molecular weight is 388 g/mol. The number of hydrogen-bond donors (Lipinski definition) is 1. The van der Waals surface area contributed by atoms with Gasteiger partial charge in [-0.05, 0) is 6.07 Å². The number of sulfone groups is 1. The number of anilines is 1. The molecule has 0 atom stereocenters. The van der Waals surface area contributed by atoms with Crippen LogP contribution in [0.1, 0.15) is 0 Å². The monoisotopic (exact) mass is 388 g/mol. The van der Waals surface area contributed by atoms with Gasteiger partial charge in [-0.25, -0.2) is 18.2 Å². The van der Waals surface area contributed by atoms with Gasteiger partial charge in [0.1, 0.15) is 23.7 Å². The maximum atomic E-state index is 12.1. The van der Waals surface area contributed by atoms with E-state index >= 15 is 0 Å². The van der Waals surface area contributed by atoms with Gasteiger partial charge in [-0.2, -0.15) is 0 Å². The Morgan fingerprint density at radius 1 is 1.37 bits per heavy atom. The molecular formula is C17H16N4O5S. The molecular weight excluding hydrogens is 372 g/mol. The Balaban J connectivity index is 2.10. The smallest absolute Gasteiger partial charge is 0.416 e. The van der Waals surface area contributed by atoms with Gasteiger partial charge in [0.2, 0.25) is 0 Å². The predicted molar refractivity (Wildman–Crippen MR) is 98.3 cm³/mol. The molecule has 3 aromatic heterocycles. The molecule has 0 aliphatic carbocycles. The molecule has 0 fully saturated rings. The zero-order chi connectivity index (χ0) is 19.3. The first-order valence-electron chi connectivity index (χ1n) is 8.05. The molecule has 140 valence electrons. The van der Waals surface area contributed by atoms with E-state index in [0.29, 0.717) is 46.7 Å². The van der Waals surface area contributed by atoms with Crippen LogP contribution in [0.2, 0.25) is 0 Å². The van der Waals surface area contributed by atoms with Crippen LogP contribution in [0.3, 0.4) is 0 Å². The van der Waals surface area contributed by atoms with E-state index in [1.165, 1.54) is 18.5 Å². The van der Waals surface area contributed by atoms with E-state index in [0.717, 1.165) is 10.8 Å². The highest BCUT2D eigenvalue weighted by molar-refractivity contribution is 7.90. The first kappa shape index (κ1) is 17.3. The zero-order valence-electron chi connectivity index (χ0n) is 14.6. The molecule has 3 aromatic rings. The topological polar surface area (TPSA) is 115 Å². The van der Waals surface area contributed by atoms with Crippen LogP contribution < -0.4 is 9.64 Å². The van der Waals surface area contributed by atoms with Crippen molar-refractivity contribution in [2.45, 2.75) is 5.03 Å². The molecule has 4 heterocycles. The Labute approximate surface area is 154 Å². The number of aromatic nitrogens is 3. The number of rotatable bonds is 2. The Kier molecular flexibility index (Phi) is 3.81. The van der Waals surface area contributed by atoms with Crippen molar-refractivity contribution < 1.29 is 23.1 Å². The summed E-state index contributed by atoms with van der Waals surface area (Å²) in [5, 5.41) is 9.98. The Morgan fingerprint density at radius 2 is 2.15 bits per heavy atom. The van der Waals surface area contributed by atoms with Crippen molar-refractivity contribution in [3.05, 3.63) is 30.7 Å². The molecule has 4 rings (SSSR count). The summed E-state index contributed by atoms with van der Waals surface area (Å²) in [4.78, 5) is 21.9. The largest absolute Gasteiger partial charge is 0.489 e. The molecule has 0 spiro atoms. The van der Waals surface area contributed by atoms with Gasteiger partial charge < -0.3 is 14.7 Å². The third-order valence-corrected chi connectivity index (χ3v) is 5.42. The maximum Gasteiger partial charge on any atom is 0.416 e. The van der Waals surface area contributed by atoms with Crippen LogP contribution in [-0.2, 0) is 9.84 Å². The zero-order valence-corrected chi connectivity index (χ0v) is 15.4. The molecule has 0 unspecified atom stereocenters. The van der Waals surface area contributed by atoms with Crippen molar-refractivity contribution in [1.82, 2.24) is 14.5 Å². The van der Waals surface area contributed by atoms with Crippen molar-refractivity contribution >= 4 is 32.5 Å². The lowest BCUT2D eigenvalue weighted by atomic mass is 10.1. The lowest BCUT2D eigenvalue weighted by Gasteiger charge is -2.29. The van der Waals surface area contributed by atoms with Crippen LogP contribution in [0.25, 0.3) is 22.2 Å². The van der Waals surface area contributed by atoms with Gasteiger partial charge in [-0.1, -0.05) is 0 Å². The lowest BCUT2D eigenvalue weighted by molar-refractivity contribution is 0.197. The second-order valence-corrected chi connectivity index (χ2v) is 8.25. The van der Waals surface area contributed by atoms with E-state index in [4.69, 9.17) is 4.74 Å². The summed E-state index contributed by atoms with van der Waals surface area (Å²) < 4.78 is 31.0. The number of fused-ring (bicyclic) bond motifs is 2. The van der Waals surface area contributed by atoms with Gasteiger partial charge in [0.05, 0.1) is 18.3 Å². The summed E-state index contributed by atoms with van der Waals surface area (Å²) in [6.07, 6.45) is 4.32. The predicted octanol–water partition coefficient (Wildman–Crippen LogP) is 1.86. The fraction of sp³-hybridized carbons (Fsp3) is 0.235. The van der Waals surface area contributed by atoms with Gasteiger partial charge in [0, 0.05) is 42.7 Å². The van der Waals surface area contributed by atoms with Gasteiger partial charge in [0.25, 0.3) is 0 Å². The number of hydrogen-bond acceptors (Lipinski definition) is 7. The summed E-state index contributed by atoms with van der Waals surface area (Å²) >= 11 is 0. The molecule has 0 radical (unpaired) electrons. The van der Waals surface area contributed by atoms with Crippen LogP contribution in [0.5, 0.6) is 5.75 Å². The first-order valence-corrected chi connectivity index (χ1v) is 9.94. The third-order valence-electron chi connectivity index (χ3n) is 4.45. The first-order chi connectivity index (χ1) is 12.8. The number of pyridine rings is 2. The van der Waals surface area contributed by atoms with Crippen molar-refractivity contribution in [1.29, 1.82) is 0 Å². The molecule has 1 aliphatic heterocycles. The average Bonchev–Trinajstić information content (AvgIpc) is 3.00. The second-order valence-electron chi connectivity index (χ2n) is 6.29.